The summed E-state index contributed by atoms with van der Waals surface area (Å²) in [5, 5.41) is 10.6. The number of hydrogen-bond acceptors (Lipinski definition) is 6. The molecule has 0 saturated heterocycles. The van der Waals surface area contributed by atoms with Crippen molar-refractivity contribution in [3.63, 3.8) is 0 Å². The molecular formula is C11H15N5OS. The van der Waals surface area contributed by atoms with E-state index in [4.69, 9.17) is 4.74 Å². The fraction of sp³-hybridized carbons (Fsp3) is 0.545. The lowest BCUT2D eigenvalue weighted by Crippen LogP contribution is -2.15. The van der Waals surface area contributed by atoms with Gasteiger partial charge >= 0.3 is 6.01 Å². The lowest BCUT2D eigenvalue weighted by atomic mass is 10.5. The normalized spacial score (nSPS) is 14.9. The van der Waals surface area contributed by atoms with Crippen molar-refractivity contribution in [2.75, 3.05) is 0 Å². The van der Waals surface area contributed by atoms with Crippen molar-refractivity contribution in [1.82, 2.24) is 25.1 Å². The molecule has 1 saturated carbocycles. The van der Waals surface area contributed by atoms with Crippen LogP contribution < -0.4 is 10.1 Å². The summed E-state index contributed by atoms with van der Waals surface area (Å²) in [5.41, 5.74) is 0.931. The topological polar surface area (TPSA) is 64.9 Å². The van der Waals surface area contributed by atoms with Gasteiger partial charge in [0.2, 0.25) is 0 Å². The van der Waals surface area contributed by atoms with Gasteiger partial charge in [-0.3, -0.25) is 4.68 Å². The summed E-state index contributed by atoms with van der Waals surface area (Å²) in [6, 6.07) is 1.11. The SMILES string of the molecule is Cn1cnc(OCc2csc(CNC3CC3)n2)n1. The number of rotatable bonds is 6. The average Bonchev–Trinajstić information content (AvgIpc) is 2.93. The second kappa shape index (κ2) is 5.03. The summed E-state index contributed by atoms with van der Waals surface area (Å²) in [5.74, 6) is 0. The third-order valence-corrected chi connectivity index (χ3v) is 3.54. The molecule has 7 heteroatoms. The van der Waals surface area contributed by atoms with Gasteiger partial charge in [-0.25, -0.2) is 4.98 Å². The van der Waals surface area contributed by atoms with E-state index in [2.05, 4.69) is 20.4 Å². The summed E-state index contributed by atoms with van der Waals surface area (Å²) in [7, 11) is 1.81. The van der Waals surface area contributed by atoms with Crippen LogP contribution in [0.1, 0.15) is 23.5 Å². The molecule has 0 unspecified atom stereocenters. The van der Waals surface area contributed by atoms with Crippen LogP contribution in [-0.2, 0) is 20.2 Å². The Balaban J connectivity index is 1.49. The van der Waals surface area contributed by atoms with Crippen molar-refractivity contribution in [1.29, 1.82) is 0 Å². The van der Waals surface area contributed by atoms with Gasteiger partial charge in [-0.1, -0.05) is 0 Å². The van der Waals surface area contributed by atoms with Crippen LogP contribution in [0.25, 0.3) is 0 Å². The predicted molar refractivity (Wildman–Crippen MR) is 67.3 cm³/mol. The molecule has 0 radical (unpaired) electrons. The summed E-state index contributed by atoms with van der Waals surface area (Å²) < 4.78 is 7.06. The van der Waals surface area contributed by atoms with E-state index >= 15 is 0 Å². The van der Waals surface area contributed by atoms with Gasteiger partial charge in [0.1, 0.15) is 17.9 Å². The quantitative estimate of drug-likeness (QED) is 0.847. The Morgan fingerprint density at radius 2 is 2.44 bits per heavy atom. The van der Waals surface area contributed by atoms with Crippen LogP contribution in [0.3, 0.4) is 0 Å². The fourth-order valence-electron chi connectivity index (χ4n) is 1.54. The van der Waals surface area contributed by atoms with Crippen molar-refractivity contribution < 1.29 is 4.74 Å². The summed E-state index contributed by atoms with van der Waals surface area (Å²) in [6.07, 6.45) is 4.21. The molecule has 1 N–H and O–H groups in total. The van der Waals surface area contributed by atoms with E-state index in [9.17, 15) is 0 Å². The monoisotopic (exact) mass is 265 g/mol. The van der Waals surface area contributed by atoms with E-state index in [1.807, 2.05) is 12.4 Å². The lowest BCUT2D eigenvalue weighted by Gasteiger charge is -1.98. The molecule has 2 heterocycles. The molecule has 1 fully saturated rings. The molecule has 3 rings (SSSR count). The zero-order chi connectivity index (χ0) is 12.4. The van der Waals surface area contributed by atoms with Crippen LogP contribution in [0.2, 0.25) is 0 Å². The largest absolute Gasteiger partial charge is 0.456 e. The molecular weight excluding hydrogens is 250 g/mol. The zero-order valence-electron chi connectivity index (χ0n) is 10.2. The molecule has 2 aromatic rings. The maximum absolute atomic E-state index is 5.44. The summed E-state index contributed by atoms with van der Waals surface area (Å²) >= 11 is 1.66. The molecule has 18 heavy (non-hydrogen) atoms. The minimum absolute atomic E-state index is 0.392. The molecule has 96 valence electrons. The Kier molecular flexibility index (Phi) is 3.24. The molecule has 6 nitrogen and oxygen atoms in total. The second-order valence-corrected chi connectivity index (χ2v) is 5.32. The Morgan fingerprint density at radius 1 is 1.56 bits per heavy atom. The number of ether oxygens (including phenoxy) is 1. The van der Waals surface area contributed by atoms with E-state index in [0.717, 1.165) is 17.2 Å². The fourth-order valence-corrected chi connectivity index (χ4v) is 2.27. The van der Waals surface area contributed by atoms with E-state index in [0.29, 0.717) is 18.7 Å². The first-order valence-electron chi connectivity index (χ1n) is 5.95. The number of thiazole rings is 1. The van der Waals surface area contributed by atoms with Gasteiger partial charge in [-0.05, 0) is 12.8 Å². The smallest absolute Gasteiger partial charge is 0.335 e. The number of aryl methyl sites for hydroxylation is 1. The molecule has 1 aliphatic rings. The summed E-state index contributed by atoms with van der Waals surface area (Å²) in [4.78, 5) is 8.50. The van der Waals surface area contributed by atoms with E-state index < -0.39 is 0 Å². The highest BCUT2D eigenvalue weighted by Gasteiger charge is 2.20. The molecule has 0 amide bonds. The number of nitrogens with zero attached hydrogens (tertiary/aromatic N) is 4. The third kappa shape index (κ3) is 3.05. The highest BCUT2D eigenvalue weighted by Crippen LogP contribution is 2.20. The van der Waals surface area contributed by atoms with Gasteiger partial charge in [0.05, 0.1) is 5.69 Å². The first-order valence-corrected chi connectivity index (χ1v) is 6.82. The van der Waals surface area contributed by atoms with E-state index in [1.165, 1.54) is 12.8 Å². The van der Waals surface area contributed by atoms with Gasteiger partial charge in [0, 0.05) is 25.0 Å². The van der Waals surface area contributed by atoms with Crippen LogP contribution in [0, 0.1) is 0 Å². The van der Waals surface area contributed by atoms with Crippen molar-refractivity contribution in [3.8, 4) is 6.01 Å². The van der Waals surface area contributed by atoms with Gasteiger partial charge in [-0.2, -0.15) is 4.98 Å². The van der Waals surface area contributed by atoms with E-state index in [-0.39, 0.29) is 0 Å². The third-order valence-electron chi connectivity index (χ3n) is 2.65. The summed E-state index contributed by atoms with van der Waals surface area (Å²) in [6.45, 7) is 1.28. The average molecular weight is 265 g/mol. The maximum atomic E-state index is 5.44. The van der Waals surface area contributed by atoms with Crippen molar-refractivity contribution in [2.24, 2.45) is 7.05 Å². The van der Waals surface area contributed by atoms with Crippen LogP contribution in [0.4, 0.5) is 0 Å². The van der Waals surface area contributed by atoms with E-state index in [1.54, 1.807) is 22.3 Å². The molecule has 0 aliphatic heterocycles. The van der Waals surface area contributed by atoms with Crippen molar-refractivity contribution in [2.45, 2.75) is 32.0 Å². The first kappa shape index (κ1) is 11.6. The zero-order valence-corrected chi connectivity index (χ0v) is 11.0. The Hall–Kier alpha value is -1.47. The van der Waals surface area contributed by atoms with Crippen LogP contribution in [-0.4, -0.2) is 25.8 Å². The Labute approximate surface area is 109 Å². The second-order valence-electron chi connectivity index (χ2n) is 4.38. The van der Waals surface area contributed by atoms with Gasteiger partial charge in [0.25, 0.3) is 0 Å². The Morgan fingerprint density at radius 3 is 3.17 bits per heavy atom. The van der Waals surface area contributed by atoms with Gasteiger partial charge < -0.3 is 10.1 Å². The molecule has 0 atom stereocenters. The minimum atomic E-state index is 0.392. The van der Waals surface area contributed by atoms with Gasteiger partial charge in [-0.15, -0.1) is 16.4 Å². The highest BCUT2D eigenvalue weighted by molar-refractivity contribution is 7.09. The minimum Gasteiger partial charge on any atom is -0.456 e. The van der Waals surface area contributed by atoms with Crippen LogP contribution >= 0.6 is 11.3 Å². The van der Waals surface area contributed by atoms with Crippen LogP contribution in [0.5, 0.6) is 6.01 Å². The molecule has 1 aliphatic carbocycles. The highest BCUT2D eigenvalue weighted by atomic mass is 32.1. The lowest BCUT2D eigenvalue weighted by molar-refractivity contribution is 0.276. The van der Waals surface area contributed by atoms with Gasteiger partial charge in [0.15, 0.2) is 0 Å². The number of nitrogens with one attached hydrogen (secondary N) is 1. The molecule has 2 aromatic heterocycles. The predicted octanol–water partition coefficient (Wildman–Crippen LogP) is 1.10. The molecule has 0 aromatic carbocycles. The molecule has 0 bridgehead atoms. The maximum Gasteiger partial charge on any atom is 0.335 e. The number of aromatic nitrogens is 4. The first-order chi connectivity index (χ1) is 8.79. The Bertz CT molecular complexity index is 519. The van der Waals surface area contributed by atoms with Crippen molar-refractivity contribution >= 4 is 11.3 Å². The molecule has 0 spiro atoms. The standard InChI is InChI=1S/C11H15N5OS/c1-16-7-13-11(15-16)17-5-9-6-18-10(14-9)4-12-8-2-3-8/h6-8,12H,2-5H2,1H3. The number of hydrogen-bond donors (Lipinski definition) is 1. The van der Waals surface area contributed by atoms with Crippen LogP contribution in [0.15, 0.2) is 11.7 Å². The van der Waals surface area contributed by atoms with Crippen molar-refractivity contribution in [3.05, 3.63) is 22.4 Å².